The molecule has 0 aromatic heterocycles. The Morgan fingerprint density at radius 3 is 2.48 bits per heavy atom. The van der Waals surface area contributed by atoms with E-state index in [0.29, 0.717) is 0 Å². The zero-order valence-electron chi connectivity index (χ0n) is 11.9. The monoisotopic (exact) mass is 308 g/mol. The number of nitrogen functional groups attached to an aromatic ring is 1. The fourth-order valence-electron chi connectivity index (χ4n) is 1.96. The Morgan fingerprint density at radius 2 is 1.86 bits per heavy atom. The van der Waals surface area contributed by atoms with Gasteiger partial charge in [0.25, 0.3) is 0 Å². The average Bonchev–Trinajstić information content (AvgIpc) is 2.44. The van der Waals surface area contributed by atoms with Crippen molar-refractivity contribution in [1.29, 1.82) is 0 Å². The van der Waals surface area contributed by atoms with Gasteiger partial charge in [0.2, 0.25) is 10.0 Å². The maximum Gasteiger partial charge on any atom is 0.243 e. The lowest BCUT2D eigenvalue weighted by Crippen LogP contribution is -2.27. The van der Waals surface area contributed by atoms with Gasteiger partial charge >= 0.3 is 0 Å². The van der Waals surface area contributed by atoms with Crippen LogP contribution in [-0.2, 0) is 16.6 Å². The molecule has 4 nitrogen and oxygen atoms in total. The van der Waals surface area contributed by atoms with Crippen molar-refractivity contribution in [3.63, 3.8) is 0 Å². The number of sulfonamides is 1. The van der Waals surface area contributed by atoms with Gasteiger partial charge in [-0.3, -0.25) is 0 Å². The van der Waals surface area contributed by atoms with E-state index in [1.54, 1.807) is 0 Å². The van der Waals surface area contributed by atoms with Gasteiger partial charge < -0.3 is 5.73 Å². The molecule has 0 heterocycles. The van der Waals surface area contributed by atoms with E-state index < -0.39 is 15.8 Å². The molecular weight excluding hydrogens is 291 g/mol. The van der Waals surface area contributed by atoms with Crippen molar-refractivity contribution < 1.29 is 12.8 Å². The minimum atomic E-state index is -3.76. The predicted molar refractivity (Wildman–Crippen MR) is 80.6 cm³/mol. The molecule has 0 spiro atoms. The molecule has 2 rings (SSSR count). The van der Waals surface area contributed by atoms with Gasteiger partial charge in [0.05, 0.1) is 10.6 Å². The SMILES string of the molecule is Cc1ccccc1CN(C)S(=O)(=O)c1ccc(N)c(F)c1. The van der Waals surface area contributed by atoms with Gasteiger partial charge in [-0.1, -0.05) is 24.3 Å². The molecule has 0 bridgehead atoms. The lowest BCUT2D eigenvalue weighted by Gasteiger charge is -2.18. The van der Waals surface area contributed by atoms with Crippen molar-refractivity contribution in [2.45, 2.75) is 18.4 Å². The van der Waals surface area contributed by atoms with Crippen LogP contribution in [0.4, 0.5) is 10.1 Å². The third-order valence-electron chi connectivity index (χ3n) is 3.33. The van der Waals surface area contributed by atoms with E-state index in [9.17, 15) is 12.8 Å². The zero-order valence-corrected chi connectivity index (χ0v) is 12.7. The largest absolute Gasteiger partial charge is 0.396 e. The van der Waals surface area contributed by atoms with Crippen LogP contribution in [0.25, 0.3) is 0 Å². The highest BCUT2D eigenvalue weighted by molar-refractivity contribution is 7.89. The van der Waals surface area contributed by atoms with Gasteiger partial charge in [-0.2, -0.15) is 4.31 Å². The Bertz CT molecular complexity index is 760. The van der Waals surface area contributed by atoms with Crippen LogP contribution < -0.4 is 5.73 Å². The van der Waals surface area contributed by atoms with Crippen LogP contribution >= 0.6 is 0 Å². The van der Waals surface area contributed by atoms with Crippen LogP contribution in [0.15, 0.2) is 47.4 Å². The number of anilines is 1. The lowest BCUT2D eigenvalue weighted by atomic mass is 10.1. The minimum Gasteiger partial charge on any atom is -0.396 e. The predicted octanol–water partition coefficient (Wildman–Crippen LogP) is 2.54. The number of halogens is 1. The quantitative estimate of drug-likeness (QED) is 0.883. The van der Waals surface area contributed by atoms with Crippen LogP contribution in [0.1, 0.15) is 11.1 Å². The number of hydrogen-bond acceptors (Lipinski definition) is 3. The molecule has 0 aliphatic carbocycles. The summed E-state index contributed by atoms with van der Waals surface area (Å²) in [4.78, 5) is -0.106. The van der Waals surface area contributed by atoms with Crippen molar-refractivity contribution in [2.24, 2.45) is 0 Å². The summed E-state index contributed by atoms with van der Waals surface area (Å²) in [6.45, 7) is 2.14. The van der Waals surface area contributed by atoms with Gasteiger partial charge in [0.15, 0.2) is 0 Å². The smallest absolute Gasteiger partial charge is 0.243 e. The Labute approximate surface area is 124 Å². The third-order valence-corrected chi connectivity index (χ3v) is 5.13. The van der Waals surface area contributed by atoms with Crippen LogP contribution in [0.5, 0.6) is 0 Å². The van der Waals surface area contributed by atoms with Gasteiger partial charge in [-0.15, -0.1) is 0 Å². The molecular formula is C15H17FN2O2S. The summed E-state index contributed by atoms with van der Waals surface area (Å²) in [6.07, 6.45) is 0. The number of hydrogen-bond donors (Lipinski definition) is 1. The second-order valence-corrected chi connectivity index (χ2v) is 6.92. The topological polar surface area (TPSA) is 63.4 Å². The van der Waals surface area contributed by atoms with E-state index in [1.807, 2.05) is 31.2 Å². The molecule has 0 saturated carbocycles. The Hall–Kier alpha value is -1.92. The maximum atomic E-state index is 13.5. The standard InChI is InChI=1S/C15H17FN2O2S/c1-11-5-3-4-6-12(11)10-18(2)21(19,20)13-7-8-15(17)14(16)9-13/h3-9H,10,17H2,1-2H3. The summed E-state index contributed by atoms with van der Waals surface area (Å²) >= 11 is 0. The van der Waals surface area contributed by atoms with Crippen LogP contribution in [-0.4, -0.2) is 19.8 Å². The van der Waals surface area contributed by atoms with Crippen LogP contribution in [0.3, 0.4) is 0 Å². The highest BCUT2D eigenvalue weighted by Crippen LogP contribution is 2.21. The third kappa shape index (κ3) is 3.22. The van der Waals surface area contributed by atoms with Gasteiger partial charge in [0, 0.05) is 13.6 Å². The molecule has 0 amide bonds. The van der Waals surface area contributed by atoms with Gasteiger partial charge in [-0.05, 0) is 36.2 Å². The second kappa shape index (κ2) is 5.83. The molecule has 112 valence electrons. The molecule has 0 fully saturated rings. The average molecular weight is 308 g/mol. The first kappa shape index (κ1) is 15.5. The molecule has 2 aromatic rings. The van der Waals surface area contributed by atoms with Crippen molar-refractivity contribution in [3.05, 3.63) is 59.4 Å². The first-order valence-electron chi connectivity index (χ1n) is 6.38. The Balaban J connectivity index is 2.30. The summed E-state index contributed by atoms with van der Waals surface area (Å²) in [5, 5.41) is 0. The molecule has 0 radical (unpaired) electrons. The van der Waals surface area contributed by atoms with Crippen molar-refractivity contribution in [1.82, 2.24) is 4.31 Å². The molecule has 21 heavy (non-hydrogen) atoms. The number of rotatable bonds is 4. The Kier molecular flexibility index (Phi) is 4.29. The minimum absolute atomic E-state index is 0.0736. The summed E-state index contributed by atoms with van der Waals surface area (Å²) < 4.78 is 39.5. The highest BCUT2D eigenvalue weighted by atomic mass is 32.2. The normalized spacial score (nSPS) is 11.8. The van der Waals surface area contributed by atoms with E-state index in [2.05, 4.69) is 0 Å². The number of nitrogens with two attached hydrogens (primary N) is 1. The molecule has 0 atom stereocenters. The lowest BCUT2D eigenvalue weighted by molar-refractivity contribution is 0.465. The molecule has 0 unspecified atom stereocenters. The van der Waals surface area contributed by atoms with Crippen molar-refractivity contribution >= 4 is 15.7 Å². The maximum absolute atomic E-state index is 13.5. The van der Waals surface area contributed by atoms with E-state index in [1.165, 1.54) is 23.5 Å². The molecule has 0 aliphatic rings. The van der Waals surface area contributed by atoms with Crippen molar-refractivity contribution in [3.8, 4) is 0 Å². The van der Waals surface area contributed by atoms with Crippen LogP contribution in [0, 0.1) is 12.7 Å². The first-order chi connectivity index (χ1) is 9.82. The van der Waals surface area contributed by atoms with E-state index >= 15 is 0 Å². The summed E-state index contributed by atoms with van der Waals surface area (Å²) in [7, 11) is -2.29. The Morgan fingerprint density at radius 1 is 1.19 bits per heavy atom. The van der Waals surface area contributed by atoms with E-state index in [0.717, 1.165) is 17.2 Å². The van der Waals surface area contributed by atoms with E-state index in [4.69, 9.17) is 5.73 Å². The molecule has 0 aliphatic heterocycles. The van der Waals surface area contributed by atoms with E-state index in [-0.39, 0.29) is 17.1 Å². The molecule has 2 aromatic carbocycles. The molecule has 0 saturated heterocycles. The fourth-order valence-corrected chi connectivity index (χ4v) is 3.12. The number of aryl methyl sites for hydroxylation is 1. The van der Waals surface area contributed by atoms with Gasteiger partial charge in [-0.25, -0.2) is 12.8 Å². The first-order valence-corrected chi connectivity index (χ1v) is 7.82. The summed E-state index contributed by atoms with van der Waals surface area (Å²) in [5.74, 6) is -0.736. The van der Waals surface area contributed by atoms with Crippen molar-refractivity contribution in [2.75, 3.05) is 12.8 Å². The fraction of sp³-hybridized carbons (Fsp3) is 0.200. The highest BCUT2D eigenvalue weighted by Gasteiger charge is 2.22. The molecule has 2 N–H and O–H groups in total. The number of benzene rings is 2. The second-order valence-electron chi connectivity index (χ2n) is 4.87. The van der Waals surface area contributed by atoms with Gasteiger partial charge in [0.1, 0.15) is 5.82 Å². The molecule has 6 heteroatoms. The summed E-state index contributed by atoms with van der Waals surface area (Å²) in [5.41, 5.74) is 7.20. The van der Waals surface area contributed by atoms with Crippen LogP contribution in [0.2, 0.25) is 0 Å². The zero-order chi connectivity index (χ0) is 15.6. The number of nitrogens with zero attached hydrogens (tertiary/aromatic N) is 1. The summed E-state index contributed by atoms with van der Waals surface area (Å²) in [6, 6.07) is 11.0.